The molecule has 11 heteroatoms. The molecule has 0 aromatic heterocycles. The average Bonchev–Trinajstić information content (AvgIpc) is 3.68. The van der Waals surface area contributed by atoms with E-state index >= 15 is 0 Å². The minimum Gasteiger partial charge on any atom is -0.455 e. The van der Waals surface area contributed by atoms with E-state index in [9.17, 15) is 24.3 Å². The lowest BCUT2D eigenvalue weighted by atomic mass is 9.74. The molecule has 5 bridgehead atoms. The van der Waals surface area contributed by atoms with Crippen molar-refractivity contribution in [2.45, 2.75) is 82.4 Å². The Balaban J connectivity index is 1.62. The number of likely N-dealkylation sites (tertiary alicyclic amines) is 1. The molecule has 4 aliphatic heterocycles. The van der Waals surface area contributed by atoms with Gasteiger partial charge in [-0.15, -0.1) is 0 Å². The molecule has 2 saturated heterocycles. The molecule has 1 aromatic carbocycles. The first-order chi connectivity index (χ1) is 22.2. The van der Waals surface area contributed by atoms with E-state index in [2.05, 4.69) is 5.32 Å². The molecule has 1 spiro atoms. The topological polar surface area (TPSA) is 135 Å². The fourth-order valence-corrected chi connectivity index (χ4v) is 7.37. The minimum atomic E-state index is -1.39. The van der Waals surface area contributed by atoms with Gasteiger partial charge in [-0.25, -0.2) is 0 Å². The number of amides is 3. The van der Waals surface area contributed by atoms with Crippen LogP contribution in [0.5, 0.6) is 0 Å². The number of hydrogen-bond donors (Lipinski definition) is 2. The molecule has 2 N–H and O–H groups in total. The number of ether oxygens (including phenoxy) is 3. The lowest BCUT2D eigenvalue weighted by Gasteiger charge is -2.40. The third-order valence-electron chi connectivity index (χ3n) is 9.68. The summed E-state index contributed by atoms with van der Waals surface area (Å²) in [4.78, 5) is 59.7. The van der Waals surface area contributed by atoms with Crippen LogP contribution in [0.3, 0.4) is 0 Å². The smallest absolute Gasteiger partial charge is 0.313 e. The standard InChI is InChI=1S/C35H47N3O8/c1-5-6-18-37-19-12-8-11-15-27(40)36-24(21-44-4)30(23-13-9-7-10-14-23)45-34(43)28-26-16-17-35(46-26)29(28)32(41)38(31(35)33(37)42)25(20-39)22(2)3/h7-10,12-14,16-17,22,24-26,28-31,39H,5-6,11,15,18-21H2,1-4H3,(H,36,40)/b12-8-/t24-,25+,26+,28-,29-,30-,31+,35-/m1/s1. The number of aliphatic hydroxyl groups excluding tert-OH is 1. The first-order valence-electron chi connectivity index (χ1n) is 16.5. The lowest BCUT2D eigenvalue weighted by Crippen LogP contribution is -2.59. The second-order valence-corrected chi connectivity index (χ2v) is 13.0. The summed E-state index contributed by atoms with van der Waals surface area (Å²) in [6, 6.07) is 6.67. The molecule has 4 heterocycles. The van der Waals surface area contributed by atoms with Crippen LogP contribution >= 0.6 is 0 Å². The monoisotopic (exact) mass is 637 g/mol. The van der Waals surface area contributed by atoms with Crippen molar-refractivity contribution in [1.82, 2.24) is 15.1 Å². The third kappa shape index (κ3) is 6.24. The Hall–Kier alpha value is -3.54. The van der Waals surface area contributed by atoms with E-state index in [0.717, 1.165) is 12.8 Å². The van der Waals surface area contributed by atoms with Crippen LogP contribution in [-0.4, -0.2) is 102 Å². The van der Waals surface area contributed by atoms with E-state index < -0.39 is 59.6 Å². The lowest BCUT2D eigenvalue weighted by molar-refractivity contribution is -0.163. The number of rotatable bonds is 9. The number of allylic oxidation sites excluding steroid dienone is 1. The van der Waals surface area contributed by atoms with Crippen LogP contribution in [0.15, 0.2) is 54.6 Å². The van der Waals surface area contributed by atoms with E-state index in [1.54, 1.807) is 17.1 Å². The molecule has 250 valence electrons. The summed E-state index contributed by atoms with van der Waals surface area (Å²) in [5.41, 5.74) is -0.737. The number of unbranched alkanes of at least 4 members (excludes halogenated alkanes) is 1. The van der Waals surface area contributed by atoms with Crippen LogP contribution in [0.25, 0.3) is 0 Å². The van der Waals surface area contributed by atoms with Crippen molar-refractivity contribution in [1.29, 1.82) is 0 Å². The number of cyclic esters (lactones) is 1. The van der Waals surface area contributed by atoms with Crippen molar-refractivity contribution in [3.63, 3.8) is 0 Å². The predicted molar refractivity (Wildman–Crippen MR) is 169 cm³/mol. The van der Waals surface area contributed by atoms with Crippen molar-refractivity contribution in [2.24, 2.45) is 17.8 Å². The quantitative estimate of drug-likeness (QED) is 0.312. The van der Waals surface area contributed by atoms with Crippen LogP contribution in [0.1, 0.15) is 58.1 Å². The molecular formula is C35H47N3O8. The van der Waals surface area contributed by atoms with Gasteiger partial charge in [0.15, 0.2) is 0 Å². The predicted octanol–water partition coefficient (Wildman–Crippen LogP) is 2.55. The Kier molecular flexibility index (Phi) is 10.6. The summed E-state index contributed by atoms with van der Waals surface area (Å²) in [7, 11) is 1.51. The summed E-state index contributed by atoms with van der Waals surface area (Å²) in [6.07, 6.45) is 7.82. The number of hydrogen-bond acceptors (Lipinski definition) is 8. The van der Waals surface area contributed by atoms with Crippen molar-refractivity contribution in [3.05, 3.63) is 60.2 Å². The van der Waals surface area contributed by atoms with Gasteiger partial charge >= 0.3 is 5.97 Å². The van der Waals surface area contributed by atoms with E-state index in [4.69, 9.17) is 14.2 Å². The largest absolute Gasteiger partial charge is 0.455 e. The SMILES string of the molecule is CCCCN1C/C=C\CCC(=O)N[C@H](COC)[C@@H](c2ccccc2)OC(=O)[C@@H]2[C@@H]3C=C[C@]4(O3)[C@H](C1=O)N([C@@H](CO)C(C)C)C(=O)[C@@H]24. The Morgan fingerprint density at radius 1 is 1.11 bits per heavy atom. The number of carbonyl (C=O) groups is 4. The zero-order valence-electron chi connectivity index (χ0n) is 27.2. The molecule has 2 fully saturated rings. The molecule has 0 saturated carbocycles. The van der Waals surface area contributed by atoms with Crippen LogP contribution in [0.2, 0.25) is 0 Å². The highest BCUT2D eigenvalue weighted by Crippen LogP contribution is 2.56. The van der Waals surface area contributed by atoms with Gasteiger partial charge in [-0.1, -0.05) is 81.8 Å². The second-order valence-electron chi connectivity index (χ2n) is 13.0. The number of methoxy groups -OCH3 is 1. The molecular weight excluding hydrogens is 590 g/mol. The van der Waals surface area contributed by atoms with E-state index in [0.29, 0.717) is 18.5 Å². The normalized spacial score (nSPS) is 32.9. The Labute approximate surface area is 270 Å². The van der Waals surface area contributed by atoms with Gasteiger partial charge in [-0.2, -0.15) is 0 Å². The van der Waals surface area contributed by atoms with Crippen LogP contribution in [0.4, 0.5) is 0 Å². The van der Waals surface area contributed by atoms with E-state index in [-0.39, 0.29) is 43.9 Å². The molecule has 4 aliphatic rings. The van der Waals surface area contributed by atoms with Crippen molar-refractivity contribution in [3.8, 4) is 0 Å². The number of aliphatic hydroxyl groups is 1. The first kappa shape index (κ1) is 33.8. The molecule has 46 heavy (non-hydrogen) atoms. The highest BCUT2D eigenvalue weighted by atomic mass is 16.6. The highest BCUT2D eigenvalue weighted by Gasteiger charge is 2.74. The second kappa shape index (κ2) is 14.5. The zero-order valence-corrected chi connectivity index (χ0v) is 27.2. The third-order valence-corrected chi connectivity index (χ3v) is 9.68. The van der Waals surface area contributed by atoms with Crippen LogP contribution in [-0.2, 0) is 33.4 Å². The number of esters is 1. The maximum absolute atomic E-state index is 14.6. The summed E-state index contributed by atoms with van der Waals surface area (Å²) in [5.74, 6) is -3.83. The first-order valence-corrected chi connectivity index (χ1v) is 16.5. The molecule has 0 radical (unpaired) electrons. The maximum Gasteiger partial charge on any atom is 0.313 e. The average molecular weight is 638 g/mol. The molecule has 11 nitrogen and oxygen atoms in total. The van der Waals surface area contributed by atoms with Crippen molar-refractivity contribution >= 4 is 23.7 Å². The van der Waals surface area contributed by atoms with Gasteiger partial charge < -0.3 is 34.4 Å². The van der Waals surface area contributed by atoms with Gasteiger partial charge in [0.05, 0.1) is 37.3 Å². The molecule has 5 rings (SSSR count). The van der Waals surface area contributed by atoms with Gasteiger partial charge in [-0.3, -0.25) is 19.2 Å². The number of nitrogens with one attached hydrogen (secondary N) is 1. The molecule has 3 amide bonds. The van der Waals surface area contributed by atoms with Crippen molar-refractivity contribution in [2.75, 3.05) is 33.4 Å². The molecule has 0 unspecified atom stereocenters. The number of nitrogens with zero attached hydrogens (tertiary/aromatic N) is 2. The highest BCUT2D eigenvalue weighted by molar-refractivity contribution is 5.99. The van der Waals surface area contributed by atoms with Gasteiger partial charge in [0.2, 0.25) is 17.7 Å². The van der Waals surface area contributed by atoms with E-state index in [1.807, 2.05) is 63.3 Å². The van der Waals surface area contributed by atoms with Gasteiger partial charge in [0, 0.05) is 26.6 Å². The zero-order chi connectivity index (χ0) is 33.0. The molecule has 1 aromatic rings. The van der Waals surface area contributed by atoms with Crippen molar-refractivity contribution < 1.29 is 38.5 Å². The van der Waals surface area contributed by atoms with Gasteiger partial charge in [0.25, 0.3) is 0 Å². The van der Waals surface area contributed by atoms with Gasteiger partial charge in [0.1, 0.15) is 23.7 Å². The van der Waals surface area contributed by atoms with Crippen LogP contribution in [0, 0.1) is 17.8 Å². The number of benzene rings is 1. The number of carbonyl (C=O) groups excluding carboxylic acids is 4. The minimum absolute atomic E-state index is 0.0779. The summed E-state index contributed by atoms with van der Waals surface area (Å²) < 4.78 is 18.3. The van der Waals surface area contributed by atoms with Crippen LogP contribution < -0.4 is 5.32 Å². The maximum atomic E-state index is 14.6. The molecule has 8 atom stereocenters. The van der Waals surface area contributed by atoms with E-state index in [1.165, 1.54) is 12.0 Å². The molecule has 0 aliphatic carbocycles. The fraction of sp³-hybridized carbons (Fsp3) is 0.600. The Bertz CT molecular complexity index is 1330. The Morgan fingerprint density at radius 3 is 2.54 bits per heavy atom. The Morgan fingerprint density at radius 2 is 1.87 bits per heavy atom. The summed E-state index contributed by atoms with van der Waals surface area (Å²) >= 11 is 0. The number of fused-ring (bicyclic) bond motifs is 2. The summed E-state index contributed by atoms with van der Waals surface area (Å²) in [6.45, 7) is 6.31. The van der Waals surface area contributed by atoms with Gasteiger partial charge in [-0.05, 0) is 24.3 Å². The summed E-state index contributed by atoms with van der Waals surface area (Å²) in [5, 5.41) is 13.5. The fourth-order valence-electron chi connectivity index (χ4n) is 7.37.